The topological polar surface area (TPSA) is 8.17 Å². The van der Waals surface area contributed by atoms with Crippen molar-refractivity contribution in [1.82, 2.24) is 4.57 Å². The third kappa shape index (κ3) is 5.37. The van der Waals surface area contributed by atoms with Gasteiger partial charge in [0.2, 0.25) is 0 Å². The number of benzene rings is 9. The summed E-state index contributed by atoms with van der Waals surface area (Å²) in [7, 11) is 0. The summed E-state index contributed by atoms with van der Waals surface area (Å²) in [5, 5.41) is 7.78. The molecule has 2 nitrogen and oxygen atoms in total. The molecular weight excluding hydrogens is 741 g/mol. The molecule has 0 unspecified atom stereocenters. The molecule has 0 N–H and O–H groups in total. The summed E-state index contributed by atoms with van der Waals surface area (Å²) in [4.78, 5) is 2.38. The van der Waals surface area contributed by atoms with Gasteiger partial charge < -0.3 is 9.47 Å². The fraction of sp³-hybridized carbons (Fsp3) is 0. The second kappa shape index (κ2) is 13.3. The van der Waals surface area contributed by atoms with Gasteiger partial charge in [-0.3, -0.25) is 0 Å². The van der Waals surface area contributed by atoms with Gasteiger partial charge in [0, 0.05) is 73.9 Å². The van der Waals surface area contributed by atoms with E-state index in [1.165, 1.54) is 90.1 Å². The summed E-state index contributed by atoms with van der Waals surface area (Å²) >= 11 is 3.73. The fourth-order valence-corrected chi connectivity index (χ4v) is 11.1. The number of nitrogens with zero attached hydrogens (tertiary/aromatic N) is 2. The molecule has 0 amide bonds. The number of thiophene rings is 2. The van der Waals surface area contributed by atoms with Gasteiger partial charge in [0.05, 0.1) is 11.0 Å². The van der Waals surface area contributed by atoms with Crippen LogP contribution in [0.3, 0.4) is 0 Å². The van der Waals surface area contributed by atoms with E-state index in [1.807, 2.05) is 22.7 Å². The smallest absolute Gasteiger partial charge is 0.0541 e. The van der Waals surface area contributed by atoms with Crippen molar-refractivity contribution in [2.45, 2.75) is 0 Å². The van der Waals surface area contributed by atoms with E-state index in [4.69, 9.17) is 0 Å². The summed E-state index contributed by atoms with van der Waals surface area (Å²) in [6.45, 7) is 0. The van der Waals surface area contributed by atoms with Crippen molar-refractivity contribution in [2.24, 2.45) is 0 Å². The quantitative estimate of drug-likeness (QED) is 0.163. The molecule has 58 heavy (non-hydrogen) atoms. The van der Waals surface area contributed by atoms with Crippen LogP contribution in [0.5, 0.6) is 0 Å². The molecule has 12 rings (SSSR count). The summed E-state index contributed by atoms with van der Waals surface area (Å²) in [5.41, 5.74) is 11.8. The molecule has 0 bridgehead atoms. The van der Waals surface area contributed by atoms with Gasteiger partial charge in [-0.05, 0) is 101 Å². The Balaban J connectivity index is 0.946. The van der Waals surface area contributed by atoms with Gasteiger partial charge in [-0.1, -0.05) is 127 Å². The van der Waals surface area contributed by atoms with E-state index in [2.05, 4.69) is 216 Å². The highest BCUT2D eigenvalue weighted by molar-refractivity contribution is 7.26. The maximum atomic E-state index is 2.43. The van der Waals surface area contributed by atoms with E-state index in [0.29, 0.717) is 0 Å². The van der Waals surface area contributed by atoms with Gasteiger partial charge in [-0.15, -0.1) is 22.7 Å². The molecule has 0 saturated heterocycles. The van der Waals surface area contributed by atoms with Gasteiger partial charge in [0.15, 0.2) is 0 Å². The molecule has 0 radical (unpaired) electrons. The van der Waals surface area contributed by atoms with Crippen LogP contribution >= 0.6 is 22.7 Å². The van der Waals surface area contributed by atoms with E-state index in [0.717, 1.165) is 17.1 Å². The molecular formula is C54H34N2S2. The van der Waals surface area contributed by atoms with E-state index >= 15 is 0 Å². The Morgan fingerprint density at radius 2 is 0.776 bits per heavy atom. The number of aromatic nitrogens is 1. The first kappa shape index (κ1) is 33.2. The van der Waals surface area contributed by atoms with E-state index in [-0.39, 0.29) is 0 Å². The summed E-state index contributed by atoms with van der Waals surface area (Å²) in [5.74, 6) is 0. The SMILES string of the molecule is c1ccc(-c2ccc(N(c3ccc(-c4ccc5c(c4)c4ccccc4n5-c4ccc5c(c4)sc4ccccc45)cc3)c3ccc4c(c3)sc3ccccc34)cc2)cc1. The van der Waals surface area contributed by atoms with Crippen LogP contribution in [0.25, 0.3) is 90.1 Å². The Morgan fingerprint density at radius 1 is 0.293 bits per heavy atom. The number of anilines is 3. The molecule has 272 valence electrons. The monoisotopic (exact) mass is 774 g/mol. The van der Waals surface area contributed by atoms with Crippen LogP contribution in [0.4, 0.5) is 17.1 Å². The van der Waals surface area contributed by atoms with E-state index < -0.39 is 0 Å². The maximum Gasteiger partial charge on any atom is 0.0541 e. The molecule has 0 aliphatic rings. The lowest BCUT2D eigenvalue weighted by atomic mass is 10.0. The Labute approximate surface area is 343 Å². The normalized spacial score (nSPS) is 11.8. The van der Waals surface area contributed by atoms with Crippen LogP contribution in [-0.4, -0.2) is 4.57 Å². The molecule has 12 aromatic rings. The zero-order valence-corrected chi connectivity index (χ0v) is 33.0. The first-order chi connectivity index (χ1) is 28.7. The second-order valence-electron chi connectivity index (χ2n) is 14.9. The molecule has 3 heterocycles. The van der Waals surface area contributed by atoms with Crippen LogP contribution in [0.15, 0.2) is 206 Å². The van der Waals surface area contributed by atoms with Crippen LogP contribution < -0.4 is 4.90 Å². The predicted octanol–water partition coefficient (Wildman–Crippen LogP) is 16.3. The van der Waals surface area contributed by atoms with E-state index in [9.17, 15) is 0 Å². The third-order valence-electron chi connectivity index (χ3n) is 11.6. The minimum Gasteiger partial charge on any atom is -0.310 e. The number of rotatable bonds is 6. The van der Waals surface area contributed by atoms with Crippen molar-refractivity contribution < 1.29 is 0 Å². The lowest BCUT2D eigenvalue weighted by Gasteiger charge is -2.26. The Kier molecular flexibility index (Phi) is 7.62. The molecule has 3 aromatic heterocycles. The van der Waals surface area contributed by atoms with Crippen molar-refractivity contribution in [2.75, 3.05) is 4.90 Å². The summed E-state index contributed by atoms with van der Waals surface area (Å²) in [6.07, 6.45) is 0. The molecule has 0 aliphatic carbocycles. The molecule has 0 fully saturated rings. The second-order valence-corrected chi connectivity index (χ2v) is 17.1. The van der Waals surface area contributed by atoms with Crippen LogP contribution in [0, 0.1) is 0 Å². The van der Waals surface area contributed by atoms with Crippen molar-refractivity contribution in [1.29, 1.82) is 0 Å². The minimum atomic E-state index is 1.12. The molecule has 0 aliphatic heterocycles. The molecule has 0 spiro atoms. The van der Waals surface area contributed by atoms with Crippen LogP contribution in [0.1, 0.15) is 0 Å². The molecule has 0 saturated carbocycles. The van der Waals surface area contributed by atoms with Crippen molar-refractivity contribution in [3.05, 3.63) is 206 Å². The van der Waals surface area contributed by atoms with Crippen LogP contribution in [0.2, 0.25) is 0 Å². The number of para-hydroxylation sites is 1. The lowest BCUT2D eigenvalue weighted by Crippen LogP contribution is -2.09. The van der Waals surface area contributed by atoms with Gasteiger partial charge in [-0.2, -0.15) is 0 Å². The molecule has 0 atom stereocenters. The predicted molar refractivity (Wildman–Crippen MR) is 252 cm³/mol. The highest BCUT2D eigenvalue weighted by atomic mass is 32.1. The van der Waals surface area contributed by atoms with Crippen molar-refractivity contribution in [3.63, 3.8) is 0 Å². The Morgan fingerprint density at radius 3 is 1.47 bits per heavy atom. The zero-order valence-electron chi connectivity index (χ0n) is 31.3. The third-order valence-corrected chi connectivity index (χ3v) is 13.9. The van der Waals surface area contributed by atoms with Gasteiger partial charge in [-0.25, -0.2) is 0 Å². The standard InChI is InChI=1S/C54H34N2S2/c1-2-10-35(11-3-1)36-18-23-39(24-19-36)55(41-27-29-46-44-13-5-8-16-51(44)57-53(46)33-41)40-25-20-37(21-26-40)38-22-31-50-48(32-38)43-12-4-7-15-49(43)56(50)42-28-30-47-45-14-6-9-17-52(45)58-54(47)34-42/h1-34H. The van der Waals surface area contributed by atoms with Crippen LogP contribution in [-0.2, 0) is 0 Å². The number of fused-ring (bicyclic) bond motifs is 9. The first-order valence-electron chi connectivity index (χ1n) is 19.7. The average molecular weight is 775 g/mol. The zero-order chi connectivity index (χ0) is 38.2. The van der Waals surface area contributed by atoms with Gasteiger partial charge in [0.1, 0.15) is 0 Å². The average Bonchev–Trinajstić information content (AvgIpc) is 3.96. The van der Waals surface area contributed by atoms with Gasteiger partial charge >= 0.3 is 0 Å². The molecule has 9 aromatic carbocycles. The Bertz CT molecular complexity index is 3500. The van der Waals surface area contributed by atoms with E-state index in [1.54, 1.807) is 0 Å². The summed E-state index contributed by atoms with van der Waals surface area (Å²) < 4.78 is 7.67. The largest absolute Gasteiger partial charge is 0.310 e. The highest BCUT2D eigenvalue weighted by Crippen LogP contribution is 2.43. The van der Waals surface area contributed by atoms with Crippen molar-refractivity contribution >= 4 is 102 Å². The minimum absolute atomic E-state index is 1.12. The first-order valence-corrected chi connectivity index (χ1v) is 21.3. The van der Waals surface area contributed by atoms with Gasteiger partial charge in [0.25, 0.3) is 0 Å². The fourth-order valence-electron chi connectivity index (χ4n) is 8.82. The molecule has 4 heteroatoms. The maximum absolute atomic E-state index is 2.43. The number of hydrogen-bond donors (Lipinski definition) is 0. The van der Waals surface area contributed by atoms with Crippen molar-refractivity contribution in [3.8, 4) is 27.9 Å². The Hall–Kier alpha value is -6.98. The number of hydrogen-bond acceptors (Lipinski definition) is 3. The summed E-state index contributed by atoms with van der Waals surface area (Å²) in [6, 6.07) is 75.6. The lowest BCUT2D eigenvalue weighted by molar-refractivity contribution is 1.19. The highest BCUT2D eigenvalue weighted by Gasteiger charge is 2.18.